The molecule has 0 aliphatic heterocycles. The molecule has 4 aromatic heterocycles. The van der Waals surface area contributed by atoms with Gasteiger partial charge in [-0.25, -0.2) is 38.7 Å². The summed E-state index contributed by atoms with van der Waals surface area (Å²) >= 11 is 0. The highest BCUT2D eigenvalue weighted by atomic mass is 19.3. The number of imidazole rings is 2. The summed E-state index contributed by atoms with van der Waals surface area (Å²) < 4.78 is 31.1. The maximum atomic E-state index is 13.6. The first-order valence-electron chi connectivity index (χ1n) is 11.7. The molecule has 0 spiro atoms. The summed E-state index contributed by atoms with van der Waals surface area (Å²) in [7, 11) is 0. The minimum absolute atomic E-state index is 0.0447. The van der Waals surface area contributed by atoms with Crippen LogP contribution < -0.4 is 5.32 Å². The number of nitrogens with one attached hydrogen (secondary N) is 1. The Bertz CT molecular complexity index is 1360. The van der Waals surface area contributed by atoms with Gasteiger partial charge >= 0.3 is 0 Å². The monoisotopic (exact) mass is 465 g/mol. The number of hydrogen-bond donors (Lipinski definition) is 1. The minimum Gasteiger partial charge on any atom is -0.365 e. The zero-order chi connectivity index (χ0) is 23.4. The Morgan fingerprint density at radius 1 is 1.09 bits per heavy atom. The Morgan fingerprint density at radius 2 is 1.88 bits per heavy atom. The third-order valence-electron chi connectivity index (χ3n) is 6.63. The fraction of sp³-hybridized carbons (Fsp3) is 0.478. The van der Waals surface area contributed by atoms with E-state index in [-0.39, 0.29) is 17.9 Å². The average molecular weight is 466 g/mol. The van der Waals surface area contributed by atoms with Crippen LogP contribution >= 0.6 is 0 Å². The molecule has 6 rings (SSSR count). The lowest BCUT2D eigenvalue weighted by atomic mass is 9.95. The molecule has 1 saturated carbocycles. The van der Waals surface area contributed by atoms with E-state index in [0.717, 1.165) is 47.7 Å². The zero-order valence-electron chi connectivity index (χ0n) is 19.0. The second-order valence-electron chi connectivity index (χ2n) is 8.94. The molecule has 4 heterocycles. The van der Waals surface area contributed by atoms with Crippen LogP contribution in [0.4, 0.5) is 14.6 Å². The normalized spacial score (nSPS) is 18.0. The van der Waals surface area contributed by atoms with E-state index in [1.165, 1.54) is 6.33 Å². The van der Waals surface area contributed by atoms with Crippen molar-refractivity contribution in [1.29, 1.82) is 0 Å². The van der Waals surface area contributed by atoms with Gasteiger partial charge in [0.25, 0.3) is 6.43 Å². The molecule has 1 atom stereocenters. The molecule has 176 valence electrons. The van der Waals surface area contributed by atoms with Crippen LogP contribution in [0.3, 0.4) is 0 Å². The van der Waals surface area contributed by atoms with Crippen LogP contribution in [0.25, 0.3) is 22.6 Å². The molecule has 0 saturated heterocycles. The molecule has 9 nitrogen and oxygen atoms in total. The van der Waals surface area contributed by atoms with Gasteiger partial charge in [-0.3, -0.25) is 0 Å². The number of rotatable bonds is 6. The molecular formula is C23H25F2N9. The second-order valence-corrected chi connectivity index (χ2v) is 8.94. The number of anilines is 1. The van der Waals surface area contributed by atoms with Crippen LogP contribution in [0.15, 0.2) is 18.7 Å². The van der Waals surface area contributed by atoms with E-state index in [4.69, 9.17) is 4.98 Å². The van der Waals surface area contributed by atoms with Gasteiger partial charge in [-0.05, 0) is 39.5 Å². The first kappa shape index (κ1) is 21.1. The lowest BCUT2D eigenvalue weighted by Gasteiger charge is -2.25. The lowest BCUT2D eigenvalue weighted by Crippen LogP contribution is -2.29. The predicted molar refractivity (Wildman–Crippen MR) is 122 cm³/mol. The largest absolute Gasteiger partial charge is 0.365 e. The molecule has 0 radical (unpaired) electrons. The maximum Gasteiger partial charge on any atom is 0.295 e. The van der Waals surface area contributed by atoms with Crippen LogP contribution in [-0.4, -0.2) is 45.1 Å². The van der Waals surface area contributed by atoms with Crippen molar-refractivity contribution in [3.05, 3.63) is 41.8 Å². The minimum atomic E-state index is -2.55. The van der Waals surface area contributed by atoms with Gasteiger partial charge in [0.05, 0.1) is 11.3 Å². The lowest BCUT2D eigenvalue weighted by molar-refractivity contribution is 0.135. The Labute approximate surface area is 194 Å². The van der Waals surface area contributed by atoms with Gasteiger partial charge in [0, 0.05) is 43.1 Å². The average Bonchev–Trinajstić information content (AvgIpc) is 3.48. The van der Waals surface area contributed by atoms with E-state index in [0.29, 0.717) is 36.5 Å². The zero-order valence-corrected chi connectivity index (χ0v) is 19.0. The molecule has 34 heavy (non-hydrogen) atoms. The van der Waals surface area contributed by atoms with Crippen molar-refractivity contribution in [3.8, 4) is 11.4 Å². The van der Waals surface area contributed by atoms with Crippen LogP contribution in [0.1, 0.15) is 61.7 Å². The molecule has 1 N–H and O–H groups in total. The second kappa shape index (κ2) is 8.07. The van der Waals surface area contributed by atoms with Gasteiger partial charge in [-0.2, -0.15) is 0 Å². The molecule has 4 aromatic rings. The molecule has 1 fully saturated rings. The third-order valence-corrected chi connectivity index (χ3v) is 6.63. The van der Waals surface area contributed by atoms with Gasteiger partial charge in [0.1, 0.15) is 18.0 Å². The topological polar surface area (TPSA) is 99.2 Å². The number of nitrogens with zero attached hydrogens (tertiary/aromatic N) is 8. The summed E-state index contributed by atoms with van der Waals surface area (Å²) in [5.41, 5.74) is 3.96. The van der Waals surface area contributed by atoms with Crippen molar-refractivity contribution in [1.82, 2.24) is 39.0 Å². The van der Waals surface area contributed by atoms with Crippen LogP contribution in [-0.2, 0) is 19.4 Å². The van der Waals surface area contributed by atoms with Gasteiger partial charge in [0.15, 0.2) is 22.8 Å². The highest BCUT2D eigenvalue weighted by molar-refractivity contribution is 5.86. The molecule has 11 heteroatoms. The highest BCUT2D eigenvalue weighted by Gasteiger charge is 2.36. The number of hydrogen-bond acceptors (Lipinski definition) is 7. The number of halogens is 2. The first-order chi connectivity index (χ1) is 16.5. The van der Waals surface area contributed by atoms with Crippen LogP contribution in [0.2, 0.25) is 0 Å². The number of alkyl halides is 2. The van der Waals surface area contributed by atoms with E-state index in [1.54, 1.807) is 17.0 Å². The quantitative estimate of drug-likeness (QED) is 0.459. The third kappa shape index (κ3) is 3.50. The summed E-state index contributed by atoms with van der Waals surface area (Å²) in [5, 5.41) is 3.53. The molecule has 0 bridgehead atoms. The fourth-order valence-corrected chi connectivity index (χ4v) is 4.88. The van der Waals surface area contributed by atoms with E-state index in [1.807, 2.05) is 18.4 Å². The van der Waals surface area contributed by atoms with E-state index >= 15 is 0 Å². The van der Waals surface area contributed by atoms with Gasteiger partial charge in [0.2, 0.25) is 0 Å². The van der Waals surface area contributed by atoms with Crippen molar-refractivity contribution in [2.24, 2.45) is 0 Å². The predicted octanol–water partition coefficient (Wildman–Crippen LogP) is 4.05. The van der Waals surface area contributed by atoms with Crippen molar-refractivity contribution < 1.29 is 8.78 Å². The van der Waals surface area contributed by atoms with Crippen LogP contribution in [0, 0.1) is 6.92 Å². The van der Waals surface area contributed by atoms with Crippen molar-refractivity contribution in [3.63, 3.8) is 0 Å². The summed E-state index contributed by atoms with van der Waals surface area (Å²) in [6, 6.07) is 0.201. The highest BCUT2D eigenvalue weighted by Crippen LogP contribution is 2.41. The summed E-state index contributed by atoms with van der Waals surface area (Å²) in [4.78, 5) is 26.7. The summed E-state index contributed by atoms with van der Waals surface area (Å²) in [6.45, 7) is 4.56. The van der Waals surface area contributed by atoms with Gasteiger partial charge < -0.3 is 14.5 Å². The Kier molecular flexibility index (Phi) is 5.00. The first-order valence-corrected chi connectivity index (χ1v) is 11.7. The standard InChI is InChI=1S/C23H25F2N9/c1-3-33-21(13-9-26-12(2)27-10-13)32-18-20(28-11-29-22(18)33)30-14-4-7-16-17(8-14)34(15-5-6-15)23(31-16)19(24)25/h9-11,14-15,19H,3-8H2,1-2H3,(H,28,29,30). The summed E-state index contributed by atoms with van der Waals surface area (Å²) in [6.07, 6.45) is 6.46. The summed E-state index contributed by atoms with van der Waals surface area (Å²) in [5.74, 6) is 2.00. The van der Waals surface area contributed by atoms with Gasteiger partial charge in [-0.15, -0.1) is 0 Å². The van der Waals surface area contributed by atoms with Crippen molar-refractivity contribution in [2.75, 3.05) is 5.32 Å². The molecule has 2 aliphatic rings. The van der Waals surface area contributed by atoms with Crippen LogP contribution in [0.5, 0.6) is 0 Å². The van der Waals surface area contributed by atoms with E-state index in [2.05, 4.69) is 30.2 Å². The van der Waals surface area contributed by atoms with E-state index in [9.17, 15) is 8.78 Å². The number of fused-ring (bicyclic) bond motifs is 2. The van der Waals surface area contributed by atoms with Gasteiger partial charge in [-0.1, -0.05) is 0 Å². The molecule has 0 aromatic carbocycles. The SMILES string of the molecule is CCn1c(-c2cnc(C)nc2)nc2c(NC3CCc4nc(C(F)F)n(C5CC5)c4C3)ncnc21. The Morgan fingerprint density at radius 3 is 2.59 bits per heavy atom. The molecule has 0 amide bonds. The molecule has 1 unspecified atom stereocenters. The number of aromatic nitrogens is 8. The molecule has 2 aliphatic carbocycles. The fourth-order valence-electron chi connectivity index (χ4n) is 4.88. The van der Waals surface area contributed by atoms with Crippen molar-refractivity contribution >= 4 is 17.0 Å². The Balaban J connectivity index is 1.34. The van der Waals surface area contributed by atoms with Crippen molar-refractivity contribution in [2.45, 2.75) is 71.0 Å². The molecular weight excluding hydrogens is 440 g/mol. The maximum absolute atomic E-state index is 13.6. The smallest absolute Gasteiger partial charge is 0.295 e. The number of aryl methyl sites for hydroxylation is 3. The van der Waals surface area contributed by atoms with E-state index < -0.39 is 6.43 Å². The Hall–Kier alpha value is -3.50.